The Bertz CT molecular complexity index is 711. The second-order valence-corrected chi connectivity index (χ2v) is 6.77. The number of nitrogens with two attached hydrogens (primary N) is 1. The van der Waals surface area contributed by atoms with Gasteiger partial charge in [0.25, 0.3) is 5.91 Å². The van der Waals surface area contributed by atoms with Gasteiger partial charge >= 0.3 is 0 Å². The van der Waals surface area contributed by atoms with Crippen molar-refractivity contribution in [1.29, 1.82) is 0 Å². The average Bonchev–Trinajstić information content (AvgIpc) is 2.69. The zero-order valence-corrected chi connectivity index (χ0v) is 15.5. The van der Waals surface area contributed by atoms with E-state index in [0.29, 0.717) is 18.2 Å². The molecule has 1 saturated heterocycles. The molecule has 3 rings (SSSR count). The third-order valence-corrected chi connectivity index (χ3v) is 4.84. The Kier molecular flexibility index (Phi) is 6.50. The van der Waals surface area contributed by atoms with E-state index in [1.165, 1.54) is 0 Å². The van der Waals surface area contributed by atoms with Crippen molar-refractivity contribution < 1.29 is 9.53 Å². The Morgan fingerprint density at radius 3 is 2.27 bits per heavy atom. The SMILES string of the molecule is NCc1ccc(C(=O)N2CCN(CCOc3ccc(Cl)cc3)CC2)cc1. The molecular weight excluding hydrogens is 350 g/mol. The molecule has 0 spiro atoms. The third-order valence-electron chi connectivity index (χ3n) is 4.59. The summed E-state index contributed by atoms with van der Waals surface area (Å²) in [6, 6.07) is 14.9. The molecular formula is C20H24ClN3O2. The van der Waals surface area contributed by atoms with Gasteiger partial charge in [-0.25, -0.2) is 0 Å². The van der Waals surface area contributed by atoms with Crippen molar-refractivity contribution in [3.63, 3.8) is 0 Å². The largest absolute Gasteiger partial charge is 0.492 e. The van der Waals surface area contributed by atoms with E-state index in [1.54, 1.807) is 0 Å². The van der Waals surface area contributed by atoms with Crippen LogP contribution in [0, 0.1) is 0 Å². The maximum atomic E-state index is 12.6. The molecule has 1 fully saturated rings. The highest BCUT2D eigenvalue weighted by molar-refractivity contribution is 6.30. The van der Waals surface area contributed by atoms with E-state index in [2.05, 4.69) is 4.90 Å². The summed E-state index contributed by atoms with van der Waals surface area (Å²) in [4.78, 5) is 16.8. The second kappa shape index (κ2) is 9.03. The van der Waals surface area contributed by atoms with Crippen LogP contribution in [0.4, 0.5) is 0 Å². The van der Waals surface area contributed by atoms with Gasteiger partial charge in [-0.15, -0.1) is 0 Å². The van der Waals surface area contributed by atoms with Crippen molar-refractivity contribution in [3.05, 3.63) is 64.7 Å². The minimum Gasteiger partial charge on any atom is -0.492 e. The molecule has 1 amide bonds. The number of ether oxygens (including phenoxy) is 1. The second-order valence-electron chi connectivity index (χ2n) is 6.34. The van der Waals surface area contributed by atoms with Gasteiger partial charge in [0.2, 0.25) is 0 Å². The number of hydrogen-bond acceptors (Lipinski definition) is 4. The number of amides is 1. The first-order valence-electron chi connectivity index (χ1n) is 8.85. The van der Waals surface area contributed by atoms with E-state index in [4.69, 9.17) is 22.1 Å². The molecule has 0 saturated carbocycles. The number of carbonyl (C=O) groups is 1. The van der Waals surface area contributed by atoms with E-state index >= 15 is 0 Å². The van der Waals surface area contributed by atoms with Gasteiger partial charge in [0.1, 0.15) is 12.4 Å². The smallest absolute Gasteiger partial charge is 0.253 e. The molecule has 26 heavy (non-hydrogen) atoms. The highest BCUT2D eigenvalue weighted by atomic mass is 35.5. The van der Waals surface area contributed by atoms with Crippen LogP contribution >= 0.6 is 11.6 Å². The van der Waals surface area contributed by atoms with Crippen LogP contribution < -0.4 is 10.5 Å². The highest BCUT2D eigenvalue weighted by Gasteiger charge is 2.21. The Morgan fingerprint density at radius 2 is 1.65 bits per heavy atom. The zero-order chi connectivity index (χ0) is 18.4. The summed E-state index contributed by atoms with van der Waals surface area (Å²) >= 11 is 5.86. The number of benzene rings is 2. The Labute approximate surface area is 159 Å². The first-order chi connectivity index (χ1) is 12.7. The van der Waals surface area contributed by atoms with Crippen molar-refractivity contribution in [3.8, 4) is 5.75 Å². The average molecular weight is 374 g/mol. The molecule has 0 aliphatic carbocycles. The van der Waals surface area contributed by atoms with Gasteiger partial charge in [0.05, 0.1) is 0 Å². The molecule has 0 aromatic heterocycles. The maximum absolute atomic E-state index is 12.6. The van der Waals surface area contributed by atoms with Crippen molar-refractivity contribution in [2.45, 2.75) is 6.54 Å². The van der Waals surface area contributed by atoms with E-state index < -0.39 is 0 Å². The molecule has 0 radical (unpaired) electrons. The monoisotopic (exact) mass is 373 g/mol. The number of nitrogens with zero attached hydrogens (tertiary/aromatic N) is 2. The summed E-state index contributed by atoms with van der Waals surface area (Å²) in [7, 11) is 0. The van der Waals surface area contributed by atoms with Gasteiger partial charge < -0.3 is 15.4 Å². The van der Waals surface area contributed by atoms with Crippen LogP contribution in [0.1, 0.15) is 15.9 Å². The van der Waals surface area contributed by atoms with Gasteiger partial charge in [-0.05, 0) is 42.0 Å². The summed E-state index contributed by atoms with van der Waals surface area (Å²) < 4.78 is 5.74. The normalized spacial score (nSPS) is 15.1. The standard InChI is InChI=1S/C20H24ClN3O2/c21-18-5-7-19(8-6-18)26-14-13-23-9-11-24(12-10-23)20(25)17-3-1-16(15-22)2-4-17/h1-8H,9-15,22H2. The Morgan fingerprint density at radius 1 is 1.00 bits per heavy atom. The molecule has 0 atom stereocenters. The number of carbonyl (C=O) groups excluding carboxylic acids is 1. The van der Waals surface area contributed by atoms with Gasteiger partial charge in [-0.2, -0.15) is 0 Å². The highest BCUT2D eigenvalue weighted by Crippen LogP contribution is 2.15. The van der Waals surface area contributed by atoms with Crippen LogP contribution in [0.25, 0.3) is 0 Å². The van der Waals surface area contributed by atoms with Gasteiger partial charge in [0.15, 0.2) is 0 Å². The van der Waals surface area contributed by atoms with Crippen LogP contribution in [0.3, 0.4) is 0 Å². The lowest BCUT2D eigenvalue weighted by atomic mass is 10.1. The zero-order valence-electron chi connectivity index (χ0n) is 14.7. The quantitative estimate of drug-likeness (QED) is 0.845. The van der Waals surface area contributed by atoms with Crippen molar-refractivity contribution in [2.75, 3.05) is 39.3 Å². The molecule has 6 heteroatoms. The molecule has 1 aliphatic heterocycles. The van der Waals surface area contributed by atoms with Crippen LogP contribution in [0.5, 0.6) is 5.75 Å². The van der Waals surface area contributed by atoms with Crippen LogP contribution in [0.15, 0.2) is 48.5 Å². The van der Waals surface area contributed by atoms with Crippen LogP contribution in [-0.4, -0.2) is 55.0 Å². The topological polar surface area (TPSA) is 58.8 Å². The van der Waals surface area contributed by atoms with Gasteiger partial charge in [-0.3, -0.25) is 9.69 Å². The first kappa shape index (κ1) is 18.7. The lowest BCUT2D eigenvalue weighted by molar-refractivity contribution is 0.0620. The van der Waals surface area contributed by atoms with Gasteiger partial charge in [-0.1, -0.05) is 23.7 Å². The number of rotatable bonds is 6. The number of halogens is 1. The van der Waals surface area contributed by atoms with E-state index in [0.717, 1.165) is 49.6 Å². The third kappa shape index (κ3) is 4.97. The minimum atomic E-state index is 0.0886. The summed E-state index contributed by atoms with van der Waals surface area (Å²) in [5.41, 5.74) is 7.36. The summed E-state index contributed by atoms with van der Waals surface area (Å²) in [6.07, 6.45) is 0. The fourth-order valence-electron chi connectivity index (χ4n) is 2.96. The predicted octanol–water partition coefficient (Wildman–Crippen LogP) is 2.64. The molecule has 2 aromatic carbocycles. The van der Waals surface area contributed by atoms with E-state index in [9.17, 15) is 4.79 Å². The predicted molar refractivity (Wildman–Crippen MR) is 104 cm³/mol. The van der Waals surface area contributed by atoms with Crippen molar-refractivity contribution in [2.24, 2.45) is 5.73 Å². The molecule has 5 nitrogen and oxygen atoms in total. The molecule has 0 unspecified atom stereocenters. The molecule has 2 aromatic rings. The van der Waals surface area contributed by atoms with Crippen LogP contribution in [-0.2, 0) is 6.54 Å². The summed E-state index contributed by atoms with van der Waals surface area (Å²) in [5, 5.41) is 0.704. The maximum Gasteiger partial charge on any atom is 0.253 e. The van der Waals surface area contributed by atoms with E-state index in [-0.39, 0.29) is 5.91 Å². The minimum absolute atomic E-state index is 0.0886. The van der Waals surface area contributed by atoms with Crippen molar-refractivity contribution in [1.82, 2.24) is 9.80 Å². The lowest BCUT2D eigenvalue weighted by Crippen LogP contribution is -2.49. The van der Waals surface area contributed by atoms with Gasteiger partial charge in [0, 0.05) is 49.9 Å². The van der Waals surface area contributed by atoms with Crippen molar-refractivity contribution >= 4 is 17.5 Å². The summed E-state index contributed by atoms with van der Waals surface area (Å²) in [5.74, 6) is 0.912. The summed E-state index contributed by atoms with van der Waals surface area (Å²) in [6.45, 7) is 5.14. The lowest BCUT2D eigenvalue weighted by Gasteiger charge is -2.34. The Hall–Kier alpha value is -2.08. The Balaban J connectivity index is 1.41. The molecule has 0 bridgehead atoms. The number of hydrogen-bond donors (Lipinski definition) is 1. The first-order valence-corrected chi connectivity index (χ1v) is 9.22. The fourth-order valence-corrected chi connectivity index (χ4v) is 3.09. The molecule has 2 N–H and O–H groups in total. The molecule has 138 valence electrons. The molecule has 1 aliphatic rings. The van der Waals surface area contributed by atoms with E-state index in [1.807, 2.05) is 53.4 Å². The fraction of sp³-hybridized carbons (Fsp3) is 0.350. The van der Waals surface area contributed by atoms with Crippen LogP contribution in [0.2, 0.25) is 5.02 Å². The number of piperazine rings is 1. The molecule has 1 heterocycles.